The quantitative estimate of drug-likeness (QED) is 0.760. The number of hydrogen-bond acceptors (Lipinski definition) is 5. The number of ether oxygens (including phenoxy) is 1. The molecule has 0 bridgehead atoms. The molecule has 2 heterocycles. The summed E-state index contributed by atoms with van der Waals surface area (Å²) in [5, 5.41) is 6.18. The second-order valence-corrected chi connectivity index (χ2v) is 5.22. The van der Waals surface area contributed by atoms with Crippen molar-refractivity contribution in [2.45, 2.75) is 6.92 Å². The summed E-state index contributed by atoms with van der Waals surface area (Å²) in [6, 6.07) is 11.8. The number of nitrogens with one attached hydrogen (secondary N) is 1. The van der Waals surface area contributed by atoms with E-state index >= 15 is 0 Å². The van der Waals surface area contributed by atoms with Crippen LogP contribution < -0.4 is 10.1 Å². The van der Waals surface area contributed by atoms with Gasteiger partial charge in [-0.25, -0.2) is 4.98 Å². The molecule has 5 heteroatoms. The molecule has 1 aromatic carbocycles. The lowest BCUT2D eigenvalue weighted by molar-refractivity contribution is 0.340. The van der Waals surface area contributed by atoms with Crippen LogP contribution in [0.4, 0.5) is 10.8 Å². The third-order valence-electron chi connectivity index (χ3n) is 2.88. The third-order valence-corrected chi connectivity index (χ3v) is 3.64. The maximum absolute atomic E-state index is 5.43. The van der Waals surface area contributed by atoms with E-state index in [-0.39, 0.29) is 0 Å². The van der Waals surface area contributed by atoms with Crippen LogP contribution in [0.25, 0.3) is 11.3 Å². The van der Waals surface area contributed by atoms with Gasteiger partial charge in [0.15, 0.2) is 5.13 Å². The van der Waals surface area contributed by atoms with Crippen molar-refractivity contribution in [1.82, 2.24) is 9.97 Å². The summed E-state index contributed by atoms with van der Waals surface area (Å²) in [6.45, 7) is 2.65. The minimum Gasteiger partial charge on any atom is -0.494 e. The molecule has 0 unspecified atom stereocenters. The van der Waals surface area contributed by atoms with Gasteiger partial charge in [-0.2, -0.15) is 0 Å². The summed E-state index contributed by atoms with van der Waals surface area (Å²) in [6.07, 6.45) is 3.57. The number of benzene rings is 1. The van der Waals surface area contributed by atoms with E-state index in [1.54, 1.807) is 17.5 Å². The minimum atomic E-state index is 0.674. The highest BCUT2D eigenvalue weighted by Crippen LogP contribution is 2.27. The molecule has 0 aliphatic carbocycles. The maximum atomic E-state index is 5.43. The molecule has 0 saturated heterocycles. The second-order valence-electron chi connectivity index (χ2n) is 4.36. The Balaban J connectivity index is 1.72. The van der Waals surface area contributed by atoms with Crippen LogP contribution in [0.15, 0.2) is 54.2 Å². The largest absolute Gasteiger partial charge is 0.494 e. The average molecular weight is 297 g/mol. The topological polar surface area (TPSA) is 47.0 Å². The lowest BCUT2D eigenvalue weighted by Crippen LogP contribution is -1.92. The van der Waals surface area contributed by atoms with E-state index < -0.39 is 0 Å². The Morgan fingerprint density at radius 3 is 2.76 bits per heavy atom. The van der Waals surface area contributed by atoms with E-state index in [4.69, 9.17) is 4.74 Å². The molecule has 0 atom stereocenters. The Morgan fingerprint density at radius 1 is 1.19 bits per heavy atom. The molecule has 2 aromatic heterocycles. The molecule has 0 aliphatic rings. The molecule has 1 N–H and O–H groups in total. The Bertz CT molecular complexity index is 695. The minimum absolute atomic E-state index is 0.674. The van der Waals surface area contributed by atoms with Crippen LogP contribution in [0.2, 0.25) is 0 Å². The lowest BCUT2D eigenvalue weighted by atomic mass is 10.2. The van der Waals surface area contributed by atoms with Crippen LogP contribution in [-0.2, 0) is 0 Å². The molecule has 0 aliphatic heterocycles. The number of pyridine rings is 1. The smallest absolute Gasteiger partial charge is 0.187 e. The summed E-state index contributed by atoms with van der Waals surface area (Å²) in [7, 11) is 0. The van der Waals surface area contributed by atoms with Gasteiger partial charge in [0.25, 0.3) is 0 Å². The van der Waals surface area contributed by atoms with E-state index in [2.05, 4.69) is 15.3 Å². The number of rotatable bonds is 5. The standard InChI is InChI=1S/C16H15N3OS/c1-2-20-14-7-5-13(6-8-14)18-16-19-15(11-21-16)12-4-3-9-17-10-12/h3-11H,2H2,1H3,(H,18,19). The van der Waals surface area contributed by atoms with Gasteiger partial charge in [-0.15, -0.1) is 11.3 Å². The van der Waals surface area contributed by atoms with Crippen molar-refractivity contribution in [3.63, 3.8) is 0 Å². The maximum Gasteiger partial charge on any atom is 0.187 e. The SMILES string of the molecule is CCOc1ccc(Nc2nc(-c3cccnc3)cs2)cc1. The fraction of sp³-hybridized carbons (Fsp3) is 0.125. The van der Waals surface area contributed by atoms with Gasteiger partial charge in [-0.05, 0) is 43.3 Å². The van der Waals surface area contributed by atoms with Crippen molar-refractivity contribution in [3.05, 3.63) is 54.2 Å². The summed E-state index contributed by atoms with van der Waals surface area (Å²) in [5.74, 6) is 0.873. The van der Waals surface area contributed by atoms with Crippen molar-refractivity contribution in [2.24, 2.45) is 0 Å². The van der Waals surface area contributed by atoms with Crippen LogP contribution in [0, 0.1) is 0 Å². The van der Waals surface area contributed by atoms with Crippen LogP contribution in [-0.4, -0.2) is 16.6 Å². The first-order valence-corrected chi connectivity index (χ1v) is 7.59. The van der Waals surface area contributed by atoms with Crippen molar-refractivity contribution in [3.8, 4) is 17.0 Å². The second kappa shape index (κ2) is 6.37. The molecule has 4 nitrogen and oxygen atoms in total. The number of hydrogen-bond donors (Lipinski definition) is 1. The molecule has 0 fully saturated rings. The molecule has 21 heavy (non-hydrogen) atoms. The van der Waals surface area contributed by atoms with Gasteiger partial charge in [-0.1, -0.05) is 0 Å². The molecular weight excluding hydrogens is 282 g/mol. The Morgan fingerprint density at radius 2 is 2.05 bits per heavy atom. The monoisotopic (exact) mass is 297 g/mol. The molecule has 106 valence electrons. The Hall–Kier alpha value is -2.40. The Labute approximate surface area is 127 Å². The number of thiazole rings is 1. The zero-order valence-electron chi connectivity index (χ0n) is 11.6. The van der Waals surface area contributed by atoms with E-state index in [1.807, 2.05) is 54.9 Å². The van der Waals surface area contributed by atoms with Gasteiger partial charge >= 0.3 is 0 Å². The fourth-order valence-corrected chi connectivity index (χ4v) is 2.64. The summed E-state index contributed by atoms with van der Waals surface area (Å²) in [5.41, 5.74) is 2.94. The summed E-state index contributed by atoms with van der Waals surface area (Å²) < 4.78 is 5.43. The van der Waals surface area contributed by atoms with Crippen LogP contribution in [0.3, 0.4) is 0 Å². The molecule has 0 amide bonds. The fourth-order valence-electron chi connectivity index (χ4n) is 1.90. The highest BCUT2D eigenvalue weighted by atomic mass is 32.1. The first-order valence-electron chi connectivity index (χ1n) is 6.71. The van der Waals surface area contributed by atoms with Crippen LogP contribution in [0.1, 0.15) is 6.92 Å². The molecule has 0 spiro atoms. The molecule has 0 radical (unpaired) electrons. The third kappa shape index (κ3) is 3.38. The van der Waals surface area contributed by atoms with E-state index in [0.29, 0.717) is 6.61 Å². The van der Waals surface area contributed by atoms with Gasteiger partial charge in [0.05, 0.1) is 12.3 Å². The Kier molecular flexibility index (Phi) is 4.12. The molecule has 3 aromatic rings. The van der Waals surface area contributed by atoms with Gasteiger partial charge in [-0.3, -0.25) is 4.98 Å². The van der Waals surface area contributed by atoms with Gasteiger partial charge in [0, 0.05) is 29.0 Å². The molecular formula is C16H15N3OS. The number of anilines is 2. The first kappa shape index (κ1) is 13.6. The summed E-state index contributed by atoms with van der Waals surface area (Å²) in [4.78, 5) is 8.68. The van der Waals surface area contributed by atoms with Crippen molar-refractivity contribution in [2.75, 3.05) is 11.9 Å². The van der Waals surface area contributed by atoms with Gasteiger partial charge < -0.3 is 10.1 Å². The number of nitrogens with zero attached hydrogens (tertiary/aromatic N) is 2. The van der Waals surface area contributed by atoms with Gasteiger partial charge in [0.2, 0.25) is 0 Å². The normalized spacial score (nSPS) is 10.3. The first-order chi connectivity index (χ1) is 10.3. The van der Waals surface area contributed by atoms with Crippen LogP contribution >= 0.6 is 11.3 Å². The van der Waals surface area contributed by atoms with Crippen molar-refractivity contribution < 1.29 is 4.74 Å². The average Bonchev–Trinajstić information content (AvgIpc) is 2.99. The van der Waals surface area contributed by atoms with Crippen molar-refractivity contribution in [1.29, 1.82) is 0 Å². The molecule has 0 saturated carbocycles. The lowest BCUT2D eigenvalue weighted by Gasteiger charge is -2.05. The molecule has 3 rings (SSSR count). The van der Waals surface area contributed by atoms with E-state index in [9.17, 15) is 0 Å². The van der Waals surface area contributed by atoms with E-state index in [1.165, 1.54) is 0 Å². The van der Waals surface area contributed by atoms with Crippen LogP contribution in [0.5, 0.6) is 5.75 Å². The highest BCUT2D eigenvalue weighted by Gasteiger charge is 2.05. The predicted octanol–water partition coefficient (Wildman–Crippen LogP) is 4.35. The number of aromatic nitrogens is 2. The highest BCUT2D eigenvalue weighted by molar-refractivity contribution is 7.14. The zero-order valence-corrected chi connectivity index (χ0v) is 12.4. The summed E-state index contributed by atoms with van der Waals surface area (Å²) >= 11 is 1.57. The van der Waals surface area contributed by atoms with E-state index in [0.717, 1.165) is 27.8 Å². The van der Waals surface area contributed by atoms with Crippen molar-refractivity contribution >= 4 is 22.2 Å². The van der Waals surface area contributed by atoms with Gasteiger partial charge in [0.1, 0.15) is 5.75 Å². The zero-order chi connectivity index (χ0) is 14.5. The predicted molar refractivity (Wildman–Crippen MR) is 86.2 cm³/mol.